The van der Waals surface area contributed by atoms with E-state index in [4.69, 9.17) is 11.6 Å². The SMILES string of the molecule is Fc1ccc(-n2nc(C3CC3)nc2Cn2nccn2)cc1Cl. The molecule has 3 aromatic rings. The molecule has 0 bridgehead atoms. The van der Waals surface area contributed by atoms with Gasteiger partial charge in [-0.05, 0) is 31.0 Å². The van der Waals surface area contributed by atoms with E-state index in [1.807, 2.05) is 0 Å². The van der Waals surface area contributed by atoms with Gasteiger partial charge in [0.2, 0.25) is 0 Å². The molecule has 0 amide bonds. The Hall–Kier alpha value is -2.28. The monoisotopic (exact) mass is 318 g/mol. The second-order valence-electron chi connectivity index (χ2n) is 5.23. The molecule has 2 heterocycles. The van der Waals surface area contributed by atoms with Crippen LogP contribution in [0, 0.1) is 5.82 Å². The highest BCUT2D eigenvalue weighted by molar-refractivity contribution is 6.30. The van der Waals surface area contributed by atoms with Gasteiger partial charge in [0.15, 0.2) is 11.6 Å². The zero-order valence-electron chi connectivity index (χ0n) is 11.5. The number of aromatic nitrogens is 6. The maximum absolute atomic E-state index is 13.4. The second kappa shape index (κ2) is 5.17. The summed E-state index contributed by atoms with van der Waals surface area (Å²) in [6.07, 6.45) is 5.43. The number of benzene rings is 1. The minimum absolute atomic E-state index is 0.0594. The number of nitrogens with zero attached hydrogens (tertiary/aromatic N) is 6. The zero-order valence-corrected chi connectivity index (χ0v) is 12.3. The molecule has 112 valence electrons. The maximum atomic E-state index is 13.4. The molecule has 0 spiro atoms. The van der Waals surface area contributed by atoms with Crippen LogP contribution in [0.3, 0.4) is 0 Å². The summed E-state index contributed by atoms with van der Waals surface area (Å²) in [5.41, 5.74) is 0.674. The van der Waals surface area contributed by atoms with Gasteiger partial charge >= 0.3 is 0 Å². The summed E-state index contributed by atoms with van der Waals surface area (Å²) >= 11 is 5.87. The molecule has 4 rings (SSSR count). The third-order valence-corrected chi connectivity index (χ3v) is 3.82. The van der Waals surface area contributed by atoms with Crippen molar-refractivity contribution in [1.29, 1.82) is 0 Å². The highest BCUT2D eigenvalue weighted by Crippen LogP contribution is 2.38. The van der Waals surface area contributed by atoms with E-state index in [1.54, 1.807) is 29.2 Å². The van der Waals surface area contributed by atoms with Gasteiger partial charge in [-0.25, -0.2) is 14.1 Å². The molecule has 0 atom stereocenters. The van der Waals surface area contributed by atoms with Gasteiger partial charge in [0.1, 0.15) is 12.4 Å². The van der Waals surface area contributed by atoms with Crippen molar-refractivity contribution in [2.45, 2.75) is 25.3 Å². The Morgan fingerprint density at radius 2 is 2.00 bits per heavy atom. The van der Waals surface area contributed by atoms with Crippen molar-refractivity contribution in [3.8, 4) is 5.69 Å². The Morgan fingerprint density at radius 1 is 1.23 bits per heavy atom. The van der Waals surface area contributed by atoms with Crippen molar-refractivity contribution >= 4 is 11.6 Å². The fourth-order valence-corrected chi connectivity index (χ4v) is 2.43. The van der Waals surface area contributed by atoms with E-state index < -0.39 is 5.82 Å². The third-order valence-electron chi connectivity index (χ3n) is 3.53. The topological polar surface area (TPSA) is 61.4 Å². The first-order chi connectivity index (χ1) is 10.7. The van der Waals surface area contributed by atoms with E-state index >= 15 is 0 Å². The summed E-state index contributed by atoms with van der Waals surface area (Å²) in [7, 11) is 0. The minimum atomic E-state index is -0.455. The number of hydrogen-bond donors (Lipinski definition) is 0. The van der Waals surface area contributed by atoms with Gasteiger partial charge in [0.05, 0.1) is 23.1 Å². The molecule has 6 nitrogen and oxygen atoms in total. The van der Waals surface area contributed by atoms with Gasteiger partial charge < -0.3 is 0 Å². The largest absolute Gasteiger partial charge is 0.215 e. The molecule has 1 aliphatic rings. The Morgan fingerprint density at radius 3 is 2.68 bits per heavy atom. The van der Waals surface area contributed by atoms with E-state index in [1.165, 1.54) is 10.9 Å². The van der Waals surface area contributed by atoms with Crippen molar-refractivity contribution in [2.24, 2.45) is 0 Å². The van der Waals surface area contributed by atoms with E-state index in [0.29, 0.717) is 24.0 Å². The molecule has 0 radical (unpaired) electrons. The summed E-state index contributed by atoms with van der Waals surface area (Å²) in [5, 5.41) is 12.8. The first kappa shape index (κ1) is 13.4. The summed E-state index contributed by atoms with van der Waals surface area (Å²) in [4.78, 5) is 6.12. The van der Waals surface area contributed by atoms with Gasteiger partial charge in [-0.3, -0.25) is 0 Å². The molecule has 1 fully saturated rings. The molecule has 0 aliphatic heterocycles. The summed E-state index contributed by atoms with van der Waals surface area (Å²) in [5.74, 6) is 1.47. The lowest BCUT2D eigenvalue weighted by Gasteiger charge is -2.06. The second-order valence-corrected chi connectivity index (χ2v) is 5.64. The molecule has 22 heavy (non-hydrogen) atoms. The minimum Gasteiger partial charge on any atom is -0.215 e. The molecule has 1 aliphatic carbocycles. The molecular formula is C14H12ClFN6. The van der Waals surface area contributed by atoms with Crippen LogP contribution in [0.1, 0.15) is 30.4 Å². The van der Waals surface area contributed by atoms with Crippen molar-refractivity contribution in [3.05, 3.63) is 53.1 Å². The zero-order chi connectivity index (χ0) is 15.1. The average molecular weight is 319 g/mol. The van der Waals surface area contributed by atoms with Crippen LogP contribution in [0.2, 0.25) is 5.02 Å². The van der Waals surface area contributed by atoms with Crippen molar-refractivity contribution in [2.75, 3.05) is 0 Å². The molecule has 0 N–H and O–H groups in total. The summed E-state index contributed by atoms with van der Waals surface area (Å²) in [6.45, 7) is 0.391. The van der Waals surface area contributed by atoms with Crippen molar-refractivity contribution < 1.29 is 4.39 Å². The van der Waals surface area contributed by atoms with Crippen LogP contribution in [0.15, 0.2) is 30.6 Å². The predicted molar refractivity (Wildman–Crippen MR) is 77.4 cm³/mol. The van der Waals surface area contributed by atoms with Crippen LogP contribution < -0.4 is 0 Å². The van der Waals surface area contributed by atoms with Crippen LogP contribution in [-0.4, -0.2) is 29.8 Å². The van der Waals surface area contributed by atoms with E-state index in [2.05, 4.69) is 20.3 Å². The smallest absolute Gasteiger partial charge is 0.156 e. The first-order valence-electron chi connectivity index (χ1n) is 6.96. The van der Waals surface area contributed by atoms with Crippen LogP contribution in [0.5, 0.6) is 0 Å². The van der Waals surface area contributed by atoms with Crippen LogP contribution in [-0.2, 0) is 6.54 Å². The van der Waals surface area contributed by atoms with E-state index in [9.17, 15) is 4.39 Å². The van der Waals surface area contributed by atoms with Crippen molar-refractivity contribution in [1.82, 2.24) is 29.8 Å². The van der Waals surface area contributed by atoms with Crippen LogP contribution in [0.25, 0.3) is 5.69 Å². The van der Waals surface area contributed by atoms with Crippen LogP contribution >= 0.6 is 11.6 Å². The predicted octanol–water partition coefficient (Wildman–Crippen LogP) is 2.58. The molecule has 1 aromatic carbocycles. The van der Waals surface area contributed by atoms with Gasteiger partial charge in [0, 0.05) is 5.92 Å². The number of halogens is 2. The Bertz CT molecular complexity index is 809. The molecule has 1 saturated carbocycles. The summed E-state index contributed by atoms with van der Waals surface area (Å²) < 4.78 is 15.0. The van der Waals surface area contributed by atoms with Crippen LogP contribution in [0.4, 0.5) is 4.39 Å². The highest BCUT2D eigenvalue weighted by Gasteiger charge is 2.29. The van der Waals surface area contributed by atoms with Gasteiger partial charge in [-0.15, -0.1) is 0 Å². The molecule has 8 heteroatoms. The molecular weight excluding hydrogens is 307 g/mol. The Labute approximate surface area is 130 Å². The molecule has 0 saturated heterocycles. The normalized spacial score (nSPS) is 14.5. The number of rotatable bonds is 4. The maximum Gasteiger partial charge on any atom is 0.156 e. The third kappa shape index (κ3) is 2.48. The average Bonchev–Trinajstić information content (AvgIpc) is 3.07. The van der Waals surface area contributed by atoms with Gasteiger partial charge in [-0.1, -0.05) is 11.6 Å². The number of hydrogen-bond acceptors (Lipinski definition) is 4. The standard InChI is InChI=1S/C14H12ClFN6/c15-11-7-10(3-4-12(11)16)22-13(8-21-17-5-6-18-21)19-14(20-22)9-1-2-9/h3-7,9H,1-2,8H2. The van der Waals surface area contributed by atoms with E-state index in [0.717, 1.165) is 18.7 Å². The highest BCUT2D eigenvalue weighted by atomic mass is 35.5. The first-order valence-corrected chi connectivity index (χ1v) is 7.34. The lowest BCUT2D eigenvalue weighted by molar-refractivity contribution is 0.559. The van der Waals surface area contributed by atoms with Crippen molar-refractivity contribution in [3.63, 3.8) is 0 Å². The molecule has 0 unspecified atom stereocenters. The summed E-state index contributed by atoms with van der Waals surface area (Å²) in [6, 6.07) is 4.50. The fourth-order valence-electron chi connectivity index (χ4n) is 2.25. The Balaban J connectivity index is 1.77. The Kier molecular flexibility index (Phi) is 3.15. The lowest BCUT2D eigenvalue weighted by atomic mass is 10.3. The van der Waals surface area contributed by atoms with Gasteiger partial charge in [0.25, 0.3) is 0 Å². The lowest BCUT2D eigenvalue weighted by Crippen LogP contribution is -2.10. The van der Waals surface area contributed by atoms with E-state index in [-0.39, 0.29) is 5.02 Å². The van der Waals surface area contributed by atoms with Gasteiger partial charge in [-0.2, -0.15) is 20.1 Å². The quantitative estimate of drug-likeness (QED) is 0.742. The molecule has 2 aromatic heterocycles. The fraction of sp³-hybridized carbons (Fsp3) is 0.286.